The summed E-state index contributed by atoms with van der Waals surface area (Å²) in [6, 6.07) is 7.86. The standard InChI is InChI=1S/C14H22N2O2/c15-12-4-1-6-14(10-12)18-9-3-8-16-7-2-5-13(16)11-17/h1,4,6,10,13,17H,2-3,5,7-9,11,15H2. The Morgan fingerprint density at radius 3 is 3.11 bits per heavy atom. The minimum atomic E-state index is 0.274. The quantitative estimate of drug-likeness (QED) is 0.593. The Morgan fingerprint density at radius 1 is 1.44 bits per heavy atom. The van der Waals surface area contributed by atoms with E-state index in [1.165, 1.54) is 6.42 Å². The number of nitrogen functional groups attached to an aromatic ring is 1. The Bertz CT molecular complexity index is 371. The van der Waals surface area contributed by atoms with E-state index in [4.69, 9.17) is 10.5 Å². The summed E-state index contributed by atoms with van der Waals surface area (Å²) in [6.45, 7) is 3.06. The van der Waals surface area contributed by atoms with E-state index in [-0.39, 0.29) is 6.61 Å². The predicted molar refractivity (Wildman–Crippen MR) is 72.6 cm³/mol. The van der Waals surface area contributed by atoms with Crippen LogP contribution in [0.4, 0.5) is 5.69 Å². The van der Waals surface area contributed by atoms with Gasteiger partial charge in [0.1, 0.15) is 5.75 Å². The zero-order chi connectivity index (χ0) is 12.8. The SMILES string of the molecule is Nc1cccc(OCCCN2CCCC2CO)c1. The Morgan fingerprint density at radius 2 is 2.33 bits per heavy atom. The van der Waals surface area contributed by atoms with E-state index in [0.717, 1.165) is 37.4 Å². The van der Waals surface area contributed by atoms with E-state index in [1.54, 1.807) is 0 Å². The molecule has 1 aromatic rings. The van der Waals surface area contributed by atoms with Crippen molar-refractivity contribution in [2.24, 2.45) is 0 Å². The number of hydrogen-bond acceptors (Lipinski definition) is 4. The molecule has 1 unspecified atom stereocenters. The van der Waals surface area contributed by atoms with Crippen LogP contribution >= 0.6 is 0 Å². The van der Waals surface area contributed by atoms with Gasteiger partial charge in [0.15, 0.2) is 0 Å². The van der Waals surface area contributed by atoms with Gasteiger partial charge in [0.2, 0.25) is 0 Å². The third-order valence-corrected chi connectivity index (χ3v) is 3.43. The van der Waals surface area contributed by atoms with Gasteiger partial charge in [-0.05, 0) is 37.9 Å². The molecule has 1 atom stereocenters. The molecule has 0 aromatic heterocycles. The topological polar surface area (TPSA) is 58.7 Å². The van der Waals surface area contributed by atoms with Gasteiger partial charge in [-0.1, -0.05) is 6.07 Å². The van der Waals surface area contributed by atoms with Crippen LogP contribution in [0.5, 0.6) is 5.75 Å². The number of likely N-dealkylation sites (tertiary alicyclic amines) is 1. The monoisotopic (exact) mass is 250 g/mol. The van der Waals surface area contributed by atoms with E-state index in [0.29, 0.717) is 12.6 Å². The van der Waals surface area contributed by atoms with Gasteiger partial charge in [-0.25, -0.2) is 0 Å². The number of aliphatic hydroxyl groups excluding tert-OH is 1. The van der Waals surface area contributed by atoms with E-state index >= 15 is 0 Å². The number of anilines is 1. The second-order valence-corrected chi connectivity index (χ2v) is 4.79. The van der Waals surface area contributed by atoms with Crippen LogP contribution in [0, 0.1) is 0 Å². The van der Waals surface area contributed by atoms with Crippen molar-refractivity contribution in [1.82, 2.24) is 4.90 Å². The first-order valence-corrected chi connectivity index (χ1v) is 6.63. The predicted octanol–water partition coefficient (Wildman–Crippen LogP) is 1.49. The summed E-state index contributed by atoms with van der Waals surface area (Å²) in [5.41, 5.74) is 6.41. The third-order valence-electron chi connectivity index (χ3n) is 3.43. The molecule has 1 aliphatic heterocycles. The summed E-state index contributed by atoms with van der Waals surface area (Å²) in [5, 5.41) is 9.21. The normalized spacial score (nSPS) is 20.2. The van der Waals surface area contributed by atoms with Crippen LogP contribution in [-0.2, 0) is 0 Å². The molecule has 0 bridgehead atoms. The van der Waals surface area contributed by atoms with Gasteiger partial charge in [-0.3, -0.25) is 4.90 Å². The summed E-state index contributed by atoms with van der Waals surface area (Å²) >= 11 is 0. The van der Waals surface area contributed by atoms with E-state index in [9.17, 15) is 5.11 Å². The van der Waals surface area contributed by atoms with Crippen molar-refractivity contribution in [3.8, 4) is 5.75 Å². The van der Waals surface area contributed by atoms with Crippen molar-refractivity contribution in [3.05, 3.63) is 24.3 Å². The molecule has 18 heavy (non-hydrogen) atoms. The molecule has 0 radical (unpaired) electrons. The van der Waals surface area contributed by atoms with E-state index < -0.39 is 0 Å². The lowest BCUT2D eigenvalue weighted by molar-refractivity contribution is 0.150. The maximum atomic E-state index is 9.21. The first kappa shape index (κ1) is 13.2. The van der Waals surface area contributed by atoms with Gasteiger partial charge in [0, 0.05) is 24.3 Å². The maximum Gasteiger partial charge on any atom is 0.121 e. The van der Waals surface area contributed by atoms with Crippen LogP contribution in [-0.4, -0.2) is 42.4 Å². The molecular formula is C14H22N2O2. The highest BCUT2D eigenvalue weighted by atomic mass is 16.5. The van der Waals surface area contributed by atoms with Crippen molar-refractivity contribution in [1.29, 1.82) is 0 Å². The molecule has 4 heteroatoms. The lowest BCUT2D eigenvalue weighted by Crippen LogP contribution is -2.33. The number of aliphatic hydroxyl groups is 1. The summed E-state index contributed by atoms with van der Waals surface area (Å²) in [6.07, 6.45) is 3.29. The highest BCUT2D eigenvalue weighted by molar-refractivity contribution is 5.43. The summed E-state index contributed by atoms with van der Waals surface area (Å²) < 4.78 is 5.65. The number of nitrogens with zero attached hydrogens (tertiary/aromatic N) is 1. The zero-order valence-electron chi connectivity index (χ0n) is 10.7. The van der Waals surface area contributed by atoms with Crippen LogP contribution in [0.15, 0.2) is 24.3 Å². The zero-order valence-corrected chi connectivity index (χ0v) is 10.7. The number of rotatable bonds is 6. The molecule has 4 nitrogen and oxygen atoms in total. The number of benzene rings is 1. The first-order valence-electron chi connectivity index (χ1n) is 6.63. The van der Waals surface area contributed by atoms with Gasteiger partial charge < -0.3 is 15.6 Å². The van der Waals surface area contributed by atoms with Gasteiger partial charge in [0.05, 0.1) is 13.2 Å². The van der Waals surface area contributed by atoms with Gasteiger partial charge in [-0.15, -0.1) is 0 Å². The third kappa shape index (κ3) is 3.62. The van der Waals surface area contributed by atoms with Crippen molar-refractivity contribution < 1.29 is 9.84 Å². The highest BCUT2D eigenvalue weighted by Crippen LogP contribution is 2.17. The molecule has 1 heterocycles. The van der Waals surface area contributed by atoms with Crippen LogP contribution < -0.4 is 10.5 Å². The summed E-state index contributed by atoms with van der Waals surface area (Å²) in [4.78, 5) is 2.35. The fourth-order valence-corrected chi connectivity index (χ4v) is 2.46. The number of nitrogens with two attached hydrogens (primary N) is 1. The Balaban J connectivity index is 1.67. The van der Waals surface area contributed by atoms with Gasteiger partial charge in [0.25, 0.3) is 0 Å². The Hall–Kier alpha value is -1.26. The molecule has 100 valence electrons. The van der Waals surface area contributed by atoms with Crippen LogP contribution in [0.25, 0.3) is 0 Å². The van der Waals surface area contributed by atoms with Crippen molar-refractivity contribution in [3.63, 3.8) is 0 Å². The second kappa shape index (κ2) is 6.61. The maximum absolute atomic E-state index is 9.21. The average molecular weight is 250 g/mol. The number of hydrogen-bond donors (Lipinski definition) is 2. The summed E-state index contributed by atoms with van der Waals surface area (Å²) in [7, 11) is 0. The lowest BCUT2D eigenvalue weighted by Gasteiger charge is -2.22. The second-order valence-electron chi connectivity index (χ2n) is 4.79. The molecule has 0 spiro atoms. The molecule has 1 aliphatic rings. The minimum Gasteiger partial charge on any atom is -0.493 e. The Kier molecular flexibility index (Phi) is 4.84. The van der Waals surface area contributed by atoms with E-state index in [2.05, 4.69) is 4.90 Å². The fourth-order valence-electron chi connectivity index (χ4n) is 2.46. The fraction of sp³-hybridized carbons (Fsp3) is 0.571. The van der Waals surface area contributed by atoms with E-state index in [1.807, 2.05) is 24.3 Å². The highest BCUT2D eigenvalue weighted by Gasteiger charge is 2.22. The molecule has 1 fully saturated rings. The smallest absolute Gasteiger partial charge is 0.121 e. The summed E-state index contributed by atoms with van der Waals surface area (Å²) in [5.74, 6) is 0.829. The largest absolute Gasteiger partial charge is 0.493 e. The van der Waals surface area contributed by atoms with Crippen molar-refractivity contribution in [2.75, 3.05) is 32.0 Å². The van der Waals surface area contributed by atoms with Gasteiger partial charge >= 0.3 is 0 Å². The van der Waals surface area contributed by atoms with Crippen molar-refractivity contribution in [2.45, 2.75) is 25.3 Å². The molecule has 1 aromatic carbocycles. The average Bonchev–Trinajstić information content (AvgIpc) is 2.82. The Labute approximate surface area is 108 Å². The van der Waals surface area contributed by atoms with Crippen molar-refractivity contribution >= 4 is 5.69 Å². The molecule has 2 rings (SSSR count). The van der Waals surface area contributed by atoms with Crippen LogP contribution in [0.1, 0.15) is 19.3 Å². The molecule has 0 aliphatic carbocycles. The molecule has 0 saturated carbocycles. The first-order chi connectivity index (χ1) is 8.79. The number of ether oxygens (including phenoxy) is 1. The molecular weight excluding hydrogens is 228 g/mol. The molecule has 3 N–H and O–H groups in total. The van der Waals surface area contributed by atoms with Crippen LogP contribution in [0.2, 0.25) is 0 Å². The minimum absolute atomic E-state index is 0.274. The molecule has 0 amide bonds. The lowest BCUT2D eigenvalue weighted by atomic mass is 10.2. The van der Waals surface area contributed by atoms with Crippen LogP contribution in [0.3, 0.4) is 0 Å². The van der Waals surface area contributed by atoms with Gasteiger partial charge in [-0.2, -0.15) is 0 Å². The molecule has 1 saturated heterocycles.